The van der Waals surface area contributed by atoms with Crippen LogP contribution in [0.4, 0.5) is 0 Å². The molecule has 1 saturated heterocycles. The van der Waals surface area contributed by atoms with Gasteiger partial charge in [0, 0.05) is 12.6 Å². The molecule has 0 aromatic heterocycles. The number of carbonyl (C=O) groups is 1. The fraction of sp³-hybridized carbons (Fsp3) is 0.938. The lowest BCUT2D eigenvalue weighted by Crippen LogP contribution is -2.48. The Hall–Kier alpha value is -0.610. The number of nitrogens with one attached hydrogen (secondary N) is 1. The number of amides is 1. The first kappa shape index (κ1) is 15.8. The number of rotatable bonds is 4. The molecule has 3 N–H and O–H groups in total. The first-order valence-corrected chi connectivity index (χ1v) is 8.17. The van der Waals surface area contributed by atoms with Crippen molar-refractivity contribution in [2.24, 2.45) is 23.5 Å². The Morgan fingerprint density at radius 1 is 1.30 bits per heavy atom. The molecule has 1 amide bonds. The Balaban J connectivity index is 1.91. The summed E-state index contributed by atoms with van der Waals surface area (Å²) >= 11 is 0. The highest BCUT2D eigenvalue weighted by molar-refractivity contribution is 5.81. The molecule has 1 saturated carbocycles. The van der Waals surface area contributed by atoms with Crippen molar-refractivity contribution < 1.29 is 9.53 Å². The average Bonchev–Trinajstić information content (AvgIpc) is 2.87. The van der Waals surface area contributed by atoms with Crippen molar-refractivity contribution in [3.05, 3.63) is 0 Å². The second-order valence-electron chi connectivity index (χ2n) is 7.00. The summed E-state index contributed by atoms with van der Waals surface area (Å²) in [6.45, 7) is 7.32. The van der Waals surface area contributed by atoms with E-state index in [0.717, 1.165) is 19.3 Å². The van der Waals surface area contributed by atoms with Crippen LogP contribution < -0.4 is 11.1 Å². The lowest BCUT2D eigenvalue weighted by atomic mass is 9.74. The smallest absolute Gasteiger partial charge is 0.249 e. The van der Waals surface area contributed by atoms with E-state index >= 15 is 0 Å². The average molecular weight is 282 g/mol. The SMILES string of the molecule is CC1CCC(C(C)C)C(NC(=O)C2CCC(CN)O2)C1. The summed E-state index contributed by atoms with van der Waals surface area (Å²) in [4.78, 5) is 12.4. The van der Waals surface area contributed by atoms with Crippen molar-refractivity contribution in [2.45, 2.75) is 71.1 Å². The molecular formula is C16H30N2O2. The van der Waals surface area contributed by atoms with E-state index in [1.165, 1.54) is 12.8 Å². The number of hydrogen-bond acceptors (Lipinski definition) is 3. The third kappa shape index (κ3) is 3.73. The van der Waals surface area contributed by atoms with Gasteiger partial charge in [-0.15, -0.1) is 0 Å². The van der Waals surface area contributed by atoms with Crippen molar-refractivity contribution in [1.29, 1.82) is 0 Å². The summed E-state index contributed by atoms with van der Waals surface area (Å²) in [5.41, 5.74) is 5.60. The topological polar surface area (TPSA) is 64.4 Å². The minimum Gasteiger partial charge on any atom is -0.364 e. The fourth-order valence-electron chi connectivity index (χ4n) is 3.72. The van der Waals surface area contributed by atoms with Gasteiger partial charge in [0.1, 0.15) is 6.10 Å². The number of hydrogen-bond donors (Lipinski definition) is 2. The van der Waals surface area contributed by atoms with Crippen molar-refractivity contribution in [3.63, 3.8) is 0 Å². The van der Waals surface area contributed by atoms with Crippen LogP contribution in [0.15, 0.2) is 0 Å². The van der Waals surface area contributed by atoms with E-state index in [0.29, 0.717) is 30.3 Å². The summed E-state index contributed by atoms with van der Waals surface area (Å²) < 4.78 is 5.70. The van der Waals surface area contributed by atoms with Gasteiger partial charge in [-0.05, 0) is 43.4 Å². The predicted octanol–water partition coefficient (Wildman–Crippen LogP) is 2.07. The zero-order chi connectivity index (χ0) is 14.7. The summed E-state index contributed by atoms with van der Waals surface area (Å²) in [5.74, 6) is 2.00. The molecule has 20 heavy (non-hydrogen) atoms. The van der Waals surface area contributed by atoms with Crippen LogP contribution in [0.1, 0.15) is 52.9 Å². The van der Waals surface area contributed by atoms with Gasteiger partial charge in [-0.1, -0.05) is 27.2 Å². The monoisotopic (exact) mass is 282 g/mol. The minimum atomic E-state index is -0.284. The van der Waals surface area contributed by atoms with Gasteiger partial charge < -0.3 is 15.8 Å². The molecule has 4 heteroatoms. The summed E-state index contributed by atoms with van der Waals surface area (Å²) in [7, 11) is 0. The molecule has 1 aliphatic heterocycles. The Morgan fingerprint density at radius 2 is 2.05 bits per heavy atom. The molecule has 0 radical (unpaired) electrons. The zero-order valence-electron chi connectivity index (χ0n) is 13.1. The number of carbonyl (C=O) groups excluding carboxylic acids is 1. The van der Waals surface area contributed by atoms with Crippen LogP contribution in [0.5, 0.6) is 0 Å². The first-order chi connectivity index (χ1) is 9.51. The van der Waals surface area contributed by atoms with Crippen molar-refractivity contribution >= 4 is 5.91 Å². The van der Waals surface area contributed by atoms with Crippen LogP contribution in [0.3, 0.4) is 0 Å². The maximum Gasteiger partial charge on any atom is 0.249 e. The standard InChI is InChI=1S/C16H30N2O2/c1-10(2)13-6-4-11(3)8-14(13)18-16(19)15-7-5-12(9-17)20-15/h10-15H,4-9,17H2,1-3H3,(H,18,19). The normalized spacial score (nSPS) is 38.1. The van der Waals surface area contributed by atoms with E-state index in [4.69, 9.17) is 10.5 Å². The van der Waals surface area contributed by atoms with Gasteiger partial charge in [0.05, 0.1) is 6.10 Å². The second kappa shape index (κ2) is 6.90. The first-order valence-electron chi connectivity index (χ1n) is 8.17. The van der Waals surface area contributed by atoms with Crippen LogP contribution in [0, 0.1) is 17.8 Å². The molecule has 1 aliphatic carbocycles. The Bertz CT molecular complexity index is 332. The summed E-state index contributed by atoms with van der Waals surface area (Å²) in [5, 5.41) is 3.26. The van der Waals surface area contributed by atoms with Crippen LogP contribution in [0.25, 0.3) is 0 Å². The van der Waals surface area contributed by atoms with E-state index in [9.17, 15) is 4.79 Å². The fourth-order valence-corrected chi connectivity index (χ4v) is 3.72. The van der Waals surface area contributed by atoms with Gasteiger partial charge >= 0.3 is 0 Å². The highest BCUT2D eigenvalue weighted by atomic mass is 16.5. The van der Waals surface area contributed by atoms with Gasteiger partial charge in [-0.3, -0.25) is 4.79 Å². The summed E-state index contributed by atoms with van der Waals surface area (Å²) in [6.07, 6.45) is 5.10. The van der Waals surface area contributed by atoms with E-state index in [1.807, 2.05) is 0 Å². The molecule has 5 unspecified atom stereocenters. The molecule has 0 spiro atoms. The molecule has 0 aromatic rings. The molecule has 0 aromatic carbocycles. The van der Waals surface area contributed by atoms with Crippen LogP contribution in [0.2, 0.25) is 0 Å². The number of nitrogens with two attached hydrogens (primary N) is 1. The van der Waals surface area contributed by atoms with Crippen LogP contribution >= 0.6 is 0 Å². The van der Waals surface area contributed by atoms with E-state index in [1.54, 1.807) is 0 Å². The third-order valence-corrected chi connectivity index (χ3v) is 5.01. The summed E-state index contributed by atoms with van der Waals surface area (Å²) in [6, 6.07) is 0.312. The van der Waals surface area contributed by atoms with Gasteiger partial charge in [-0.25, -0.2) is 0 Å². The van der Waals surface area contributed by atoms with Gasteiger partial charge in [0.15, 0.2) is 0 Å². The maximum atomic E-state index is 12.4. The van der Waals surface area contributed by atoms with Crippen molar-refractivity contribution in [3.8, 4) is 0 Å². The lowest BCUT2D eigenvalue weighted by Gasteiger charge is -2.38. The molecule has 2 rings (SSSR count). The molecule has 116 valence electrons. The molecule has 1 heterocycles. The Labute approximate surface area is 122 Å². The molecule has 2 aliphatic rings. The molecule has 5 atom stereocenters. The maximum absolute atomic E-state index is 12.4. The van der Waals surface area contributed by atoms with E-state index in [-0.39, 0.29) is 18.1 Å². The minimum absolute atomic E-state index is 0.0666. The van der Waals surface area contributed by atoms with Crippen LogP contribution in [-0.4, -0.2) is 30.7 Å². The van der Waals surface area contributed by atoms with Gasteiger partial charge in [-0.2, -0.15) is 0 Å². The molecule has 2 fully saturated rings. The molecule has 4 nitrogen and oxygen atoms in total. The highest BCUT2D eigenvalue weighted by Gasteiger charge is 2.35. The highest BCUT2D eigenvalue weighted by Crippen LogP contribution is 2.33. The molecular weight excluding hydrogens is 252 g/mol. The van der Waals surface area contributed by atoms with Gasteiger partial charge in [0.25, 0.3) is 0 Å². The van der Waals surface area contributed by atoms with E-state index in [2.05, 4.69) is 26.1 Å². The van der Waals surface area contributed by atoms with Crippen molar-refractivity contribution in [1.82, 2.24) is 5.32 Å². The quantitative estimate of drug-likeness (QED) is 0.829. The lowest BCUT2D eigenvalue weighted by molar-refractivity contribution is -0.133. The number of ether oxygens (including phenoxy) is 1. The van der Waals surface area contributed by atoms with Gasteiger partial charge in [0.2, 0.25) is 5.91 Å². The van der Waals surface area contributed by atoms with Crippen molar-refractivity contribution in [2.75, 3.05) is 6.54 Å². The zero-order valence-corrected chi connectivity index (χ0v) is 13.1. The van der Waals surface area contributed by atoms with Crippen LogP contribution in [-0.2, 0) is 9.53 Å². The largest absolute Gasteiger partial charge is 0.364 e. The third-order valence-electron chi connectivity index (χ3n) is 5.01. The van der Waals surface area contributed by atoms with E-state index < -0.39 is 0 Å². The Morgan fingerprint density at radius 3 is 2.65 bits per heavy atom. The Kier molecular flexibility index (Phi) is 5.44. The predicted molar refractivity (Wildman–Crippen MR) is 80.2 cm³/mol. The second-order valence-corrected chi connectivity index (χ2v) is 7.00. The molecule has 0 bridgehead atoms.